The first-order chi connectivity index (χ1) is 9.41. The minimum atomic E-state index is 0.400. The number of thiophene rings is 1. The quantitative estimate of drug-likeness (QED) is 0.451. The van der Waals surface area contributed by atoms with E-state index in [-0.39, 0.29) is 0 Å². The predicted octanol–water partition coefficient (Wildman–Crippen LogP) is 7.06. The molecular weight excluding hydrogens is 279 g/mol. The summed E-state index contributed by atoms with van der Waals surface area (Å²) in [5.74, 6) is 0.713. The molecule has 0 fully saturated rings. The fraction of sp³-hybridized carbons (Fsp3) is 0.778. The molecule has 0 aliphatic heterocycles. The smallest absolute Gasteiger partial charge is 0.0194 e. The summed E-state index contributed by atoms with van der Waals surface area (Å²) in [4.78, 5) is 3.26. The highest BCUT2D eigenvalue weighted by atomic mass is 32.1. The van der Waals surface area contributed by atoms with E-state index in [0.717, 1.165) is 14.2 Å². The Labute approximate surface area is 132 Å². The molecule has 0 bridgehead atoms. The topological polar surface area (TPSA) is 0 Å². The second kappa shape index (κ2) is 7.95. The molecule has 1 rings (SSSR count). The molecule has 0 amide bonds. The number of hydrogen-bond acceptors (Lipinski definition) is 1. The third kappa shape index (κ3) is 4.08. The van der Waals surface area contributed by atoms with Gasteiger partial charge in [0.15, 0.2) is 0 Å². The van der Waals surface area contributed by atoms with E-state index >= 15 is 0 Å². The summed E-state index contributed by atoms with van der Waals surface area (Å²) in [7, 11) is 1.06. The van der Waals surface area contributed by atoms with Gasteiger partial charge in [0.2, 0.25) is 0 Å². The van der Waals surface area contributed by atoms with Gasteiger partial charge in [-0.2, -0.15) is 0 Å². The highest BCUT2D eigenvalue weighted by Crippen LogP contribution is 2.52. The van der Waals surface area contributed by atoms with E-state index in [2.05, 4.69) is 65.9 Å². The van der Waals surface area contributed by atoms with Crippen LogP contribution in [-0.2, 0) is 5.16 Å². The van der Waals surface area contributed by atoms with E-state index in [4.69, 9.17) is 0 Å². The Balaban J connectivity index is 3.07. The van der Waals surface area contributed by atoms with Crippen LogP contribution in [0.5, 0.6) is 0 Å². The van der Waals surface area contributed by atoms with E-state index in [1.807, 2.05) is 0 Å². The van der Waals surface area contributed by atoms with Gasteiger partial charge in [0.1, 0.15) is 0 Å². The fourth-order valence-electron chi connectivity index (χ4n) is 2.77. The van der Waals surface area contributed by atoms with Gasteiger partial charge in [-0.1, -0.05) is 41.5 Å². The summed E-state index contributed by atoms with van der Waals surface area (Å²) in [6.07, 6.45) is 5.17. The Hall–Kier alpha value is 0.130. The zero-order valence-electron chi connectivity index (χ0n) is 14.5. The van der Waals surface area contributed by atoms with Crippen molar-refractivity contribution in [1.29, 1.82) is 0 Å². The van der Waals surface area contributed by atoms with Crippen LogP contribution in [0.3, 0.4) is 0 Å². The van der Waals surface area contributed by atoms with Crippen LogP contribution in [0.1, 0.15) is 88.5 Å². The molecule has 0 aromatic carbocycles. The number of rotatable bonds is 8. The maximum atomic E-state index is 2.50. The molecule has 3 unspecified atom stereocenters. The largest absolute Gasteiger partial charge is 0.144 e. The molecule has 0 aliphatic rings. The minimum Gasteiger partial charge on any atom is -0.144 e. The van der Waals surface area contributed by atoms with Crippen molar-refractivity contribution in [3.8, 4) is 0 Å². The van der Waals surface area contributed by atoms with Crippen LogP contribution in [0, 0.1) is 6.92 Å². The first-order valence-electron chi connectivity index (χ1n) is 8.30. The van der Waals surface area contributed by atoms with Crippen molar-refractivity contribution < 1.29 is 0 Å². The lowest BCUT2D eigenvalue weighted by atomic mass is 10.0. The lowest BCUT2D eigenvalue weighted by Crippen LogP contribution is -2.18. The molecule has 1 aromatic heterocycles. The maximum Gasteiger partial charge on any atom is 0.0194 e. The molecule has 116 valence electrons. The molecule has 20 heavy (non-hydrogen) atoms. The van der Waals surface area contributed by atoms with Gasteiger partial charge in [-0.05, 0) is 55.8 Å². The number of hydrogen-bond donors (Lipinski definition) is 0. The summed E-state index contributed by atoms with van der Waals surface area (Å²) in [6, 6.07) is 2.46. The van der Waals surface area contributed by atoms with Gasteiger partial charge in [0.05, 0.1) is 0 Å². The fourth-order valence-corrected chi connectivity index (χ4v) is 6.37. The van der Waals surface area contributed by atoms with Gasteiger partial charge in [-0.15, -0.1) is 19.9 Å². The third-order valence-electron chi connectivity index (χ3n) is 4.75. The highest BCUT2D eigenvalue weighted by Gasteiger charge is 2.31. The van der Waals surface area contributed by atoms with Crippen molar-refractivity contribution in [1.82, 2.24) is 0 Å². The van der Waals surface area contributed by atoms with Gasteiger partial charge in [-0.3, -0.25) is 0 Å². The Bertz CT molecular complexity index is 406. The maximum absolute atomic E-state index is 2.50. The SMILES string of the molecule is CCC(CC)PC(C)(CC)c1sc(C(C)CC)cc1C. The van der Waals surface area contributed by atoms with Crippen molar-refractivity contribution in [3.63, 3.8) is 0 Å². The minimum absolute atomic E-state index is 0.400. The molecule has 0 spiro atoms. The van der Waals surface area contributed by atoms with Gasteiger partial charge >= 0.3 is 0 Å². The third-order valence-corrected chi connectivity index (χ3v) is 9.13. The first kappa shape index (κ1) is 18.2. The summed E-state index contributed by atoms with van der Waals surface area (Å²) in [6.45, 7) is 16.6. The van der Waals surface area contributed by atoms with E-state index in [1.54, 1.807) is 9.75 Å². The molecule has 0 radical (unpaired) electrons. The van der Waals surface area contributed by atoms with Crippen molar-refractivity contribution in [2.75, 3.05) is 0 Å². The average molecular weight is 313 g/mol. The van der Waals surface area contributed by atoms with E-state index in [9.17, 15) is 0 Å². The normalized spacial score (nSPS) is 17.0. The van der Waals surface area contributed by atoms with Crippen LogP contribution in [0.25, 0.3) is 0 Å². The molecule has 1 aromatic rings. The Morgan fingerprint density at radius 3 is 2.20 bits per heavy atom. The van der Waals surface area contributed by atoms with Crippen molar-refractivity contribution >= 4 is 19.9 Å². The monoisotopic (exact) mass is 312 g/mol. The second-order valence-corrected chi connectivity index (χ2v) is 9.61. The van der Waals surface area contributed by atoms with Gasteiger partial charge < -0.3 is 0 Å². The number of aryl methyl sites for hydroxylation is 1. The van der Waals surface area contributed by atoms with Gasteiger partial charge in [0, 0.05) is 14.9 Å². The molecule has 0 N–H and O–H groups in total. The van der Waals surface area contributed by atoms with Crippen molar-refractivity contribution in [2.24, 2.45) is 0 Å². The molecule has 0 nitrogen and oxygen atoms in total. The van der Waals surface area contributed by atoms with Crippen LogP contribution in [-0.4, -0.2) is 5.66 Å². The molecule has 2 heteroatoms. The first-order valence-corrected chi connectivity index (χ1v) is 10.2. The Kier molecular flexibility index (Phi) is 7.22. The van der Waals surface area contributed by atoms with Crippen LogP contribution in [0.15, 0.2) is 6.07 Å². The van der Waals surface area contributed by atoms with Crippen molar-refractivity contribution in [3.05, 3.63) is 21.4 Å². The van der Waals surface area contributed by atoms with E-state index in [0.29, 0.717) is 11.1 Å². The summed E-state index contributed by atoms with van der Waals surface area (Å²) < 4.78 is 0. The molecule has 0 aliphatic carbocycles. The zero-order valence-corrected chi connectivity index (χ0v) is 16.3. The molecule has 0 saturated carbocycles. The standard InChI is InChI=1S/C18H33PS/c1-8-13(5)16-12-14(6)17(20-16)18(7,11-4)19-15(9-2)10-3/h12-13,15,19H,8-11H2,1-7H3. The van der Waals surface area contributed by atoms with Crippen LogP contribution >= 0.6 is 19.9 Å². The van der Waals surface area contributed by atoms with Crippen LogP contribution < -0.4 is 0 Å². The second-order valence-electron chi connectivity index (χ2n) is 6.31. The van der Waals surface area contributed by atoms with Crippen LogP contribution in [0.4, 0.5) is 0 Å². The summed E-state index contributed by atoms with van der Waals surface area (Å²) >= 11 is 2.09. The Morgan fingerprint density at radius 1 is 1.15 bits per heavy atom. The zero-order chi connectivity index (χ0) is 15.3. The summed E-state index contributed by atoms with van der Waals surface area (Å²) in [5, 5.41) is 0.400. The lowest BCUT2D eigenvalue weighted by Gasteiger charge is -2.32. The average Bonchev–Trinajstić information content (AvgIpc) is 2.86. The molecule has 1 heterocycles. The molecule has 0 saturated heterocycles. The molecular formula is C18H33PS. The van der Waals surface area contributed by atoms with Gasteiger partial charge in [-0.25, -0.2) is 0 Å². The summed E-state index contributed by atoms with van der Waals surface area (Å²) in [5.41, 5.74) is 2.43. The van der Waals surface area contributed by atoms with E-state index < -0.39 is 0 Å². The van der Waals surface area contributed by atoms with E-state index in [1.165, 1.54) is 31.2 Å². The lowest BCUT2D eigenvalue weighted by molar-refractivity contribution is 0.647. The van der Waals surface area contributed by atoms with Crippen LogP contribution in [0.2, 0.25) is 0 Å². The Morgan fingerprint density at radius 2 is 1.75 bits per heavy atom. The van der Waals surface area contributed by atoms with Crippen molar-refractivity contribution in [2.45, 2.75) is 90.9 Å². The van der Waals surface area contributed by atoms with Gasteiger partial charge in [0.25, 0.3) is 0 Å². The predicted molar refractivity (Wildman–Crippen MR) is 98.1 cm³/mol. The highest BCUT2D eigenvalue weighted by molar-refractivity contribution is 7.41. The molecule has 3 atom stereocenters.